The molecule has 4 aliphatic rings. The lowest BCUT2D eigenvalue weighted by Gasteiger charge is -2.54. The van der Waals surface area contributed by atoms with Crippen molar-refractivity contribution < 1.29 is 14.7 Å². The third-order valence-electron chi connectivity index (χ3n) is 5.94. The SMILES string of the molecule is CC(C)(C)CC(NC(=O)NC1C2CC3CC(C2)CC1C3)C(=O)O. The van der Waals surface area contributed by atoms with Crippen LogP contribution in [0.15, 0.2) is 0 Å². The van der Waals surface area contributed by atoms with Crippen LogP contribution in [-0.2, 0) is 4.79 Å². The summed E-state index contributed by atoms with van der Waals surface area (Å²) in [5, 5.41) is 15.2. The van der Waals surface area contributed by atoms with E-state index in [9.17, 15) is 14.7 Å². The molecule has 5 heteroatoms. The van der Waals surface area contributed by atoms with E-state index < -0.39 is 12.0 Å². The number of nitrogens with one attached hydrogen (secondary N) is 2. The number of amides is 2. The van der Waals surface area contributed by atoms with E-state index in [0.717, 1.165) is 11.8 Å². The Morgan fingerprint density at radius 1 is 1.04 bits per heavy atom. The van der Waals surface area contributed by atoms with Gasteiger partial charge in [0, 0.05) is 6.04 Å². The highest BCUT2D eigenvalue weighted by molar-refractivity contribution is 5.82. The summed E-state index contributed by atoms with van der Waals surface area (Å²) in [5.74, 6) is 1.98. The quantitative estimate of drug-likeness (QED) is 0.744. The minimum atomic E-state index is -0.958. The van der Waals surface area contributed by atoms with Crippen molar-refractivity contribution in [3.63, 3.8) is 0 Å². The Hall–Kier alpha value is -1.26. The molecule has 0 saturated heterocycles. The van der Waals surface area contributed by atoms with Crippen LogP contribution in [0, 0.1) is 29.1 Å². The fourth-order valence-corrected chi connectivity index (χ4v) is 5.32. The number of hydrogen-bond donors (Lipinski definition) is 3. The monoisotopic (exact) mass is 322 g/mol. The zero-order valence-electron chi connectivity index (χ0n) is 14.5. The lowest BCUT2D eigenvalue weighted by Crippen LogP contribution is -2.59. The van der Waals surface area contributed by atoms with Gasteiger partial charge in [0.1, 0.15) is 6.04 Å². The predicted molar refractivity (Wildman–Crippen MR) is 88.0 cm³/mol. The van der Waals surface area contributed by atoms with Crippen molar-refractivity contribution in [1.29, 1.82) is 0 Å². The summed E-state index contributed by atoms with van der Waals surface area (Å²) in [6.45, 7) is 5.96. The molecule has 4 bridgehead atoms. The summed E-state index contributed by atoms with van der Waals surface area (Å²) in [6, 6.07) is -0.891. The zero-order chi connectivity index (χ0) is 16.8. The highest BCUT2D eigenvalue weighted by atomic mass is 16.4. The Kier molecular flexibility index (Phi) is 4.32. The van der Waals surface area contributed by atoms with Crippen molar-refractivity contribution in [3.8, 4) is 0 Å². The highest BCUT2D eigenvalue weighted by Crippen LogP contribution is 2.53. The summed E-state index contributed by atoms with van der Waals surface area (Å²) in [4.78, 5) is 23.8. The Balaban J connectivity index is 1.57. The normalized spacial score (nSPS) is 36.6. The van der Waals surface area contributed by atoms with Gasteiger partial charge in [0.05, 0.1) is 0 Å². The van der Waals surface area contributed by atoms with E-state index in [1.165, 1.54) is 32.1 Å². The molecule has 5 nitrogen and oxygen atoms in total. The zero-order valence-corrected chi connectivity index (χ0v) is 14.5. The molecule has 0 radical (unpaired) electrons. The van der Waals surface area contributed by atoms with E-state index in [1.54, 1.807) is 0 Å². The van der Waals surface area contributed by atoms with Crippen molar-refractivity contribution >= 4 is 12.0 Å². The van der Waals surface area contributed by atoms with Crippen molar-refractivity contribution in [2.45, 2.75) is 71.4 Å². The minimum Gasteiger partial charge on any atom is -0.480 e. The van der Waals surface area contributed by atoms with E-state index >= 15 is 0 Å². The van der Waals surface area contributed by atoms with Crippen molar-refractivity contribution in [1.82, 2.24) is 10.6 Å². The van der Waals surface area contributed by atoms with Crippen LogP contribution < -0.4 is 10.6 Å². The molecule has 23 heavy (non-hydrogen) atoms. The van der Waals surface area contributed by atoms with Gasteiger partial charge in [0.15, 0.2) is 0 Å². The molecule has 130 valence electrons. The molecular weight excluding hydrogens is 292 g/mol. The minimum absolute atomic E-state index is 0.140. The molecule has 0 aromatic rings. The van der Waals surface area contributed by atoms with Crippen molar-refractivity contribution in [3.05, 3.63) is 0 Å². The molecule has 0 spiro atoms. The predicted octanol–water partition coefficient (Wildman–Crippen LogP) is 3.00. The Bertz CT molecular complexity index is 455. The molecule has 0 aromatic heterocycles. The maximum atomic E-state index is 12.4. The summed E-state index contributed by atoms with van der Waals surface area (Å²) in [5.41, 5.74) is -0.140. The first-order valence-electron chi connectivity index (χ1n) is 9.01. The number of hydrogen-bond acceptors (Lipinski definition) is 2. The molecular formula is C18H30N2O3. The maximum absolute atomic E-state index is 12.4. The van der Waals surface area contributed by atoms with Crippen LogP contribution in [0.25, 0.3) is 0 Å². The molecule has 4 saturated carbocycles. The van der Waals surface area contributed by atoms with Gasteiger partial charge in [-0.1, -0.05) is 20.8 Å². The summed E-state index contributed by atoms with van der Waals surface area (Å²) >= 11 is 0. The van der Waals surface area contributed by atoms with Gasteiger partial charge < -0.3 is 15.7 Å². The van der Waals surface area contributed by atoms with Crippen LogP contribution in [0.1, 0.15) is 59.3 Å². The number of carboxylic acid groups (broad SMARTS) is 1. The molecule has 4 fully saturated rings. The number of carbonyl (C=O) groups is 2. The van der Waals surface area contributed by atoms with Crippen LogP contribution in [0.3, 0.4) is 0 Å². The second-order valence-electron chi connectivity index (χ2n) is 9.23. The summed E-state index contributed by atoms with van der Waals surface area (Å²) < 4.78 is 0. The first kappa shape index (κ1) is 16.6. The van der Waals surface area contributed by atoms with Crippen LogP contribution in [0.4, 0.5) is 4.79 Å². The van der Waals surface area contributed by atoms with Gasteiger partial charge in [-0.05, 0) is 67.6 Å². The number of aliphatic carboxylic acids is 1. The third kappa shape index (κ3) is 3.81. The average molecular weight is 322 g/mol. The summed E-state index contributed by atoms with van der Waals surface area (Å²) in [6.07, 6.45) is 6.77. The van der Waals surface area contributed by atoms with E-state index in [0.29, 0.717) is 18.3 Å². The van der Waals surface area contributed by atoms with Crippen LogP contribution >= 0.6 is 0 Å². The number of carboxylic acids is 1. The lowest BCUT2D eigenvalue weighted by molar-refractivity contribution is -0.140. The van der Waals surface area contributed by atoms with Crippen LogP contribution in [0.5, 0.6) is 0 Å². The molecule has 2 amide bonds. The molecule has 0 aliphatic heterocycles. The van der Waals surface area contributed by atoms with Crippen LogP contribution in [-0.4, -0.2) is 29.2 Å². The van der Waals surface area contributed by atoms with E-state index in [-0.39, 0.29) is 17.5 Å². The first-order valence-corrected chi connectivity index (χ1v) is 9.01. The third-order valence-corrected chi connectivity index (χ3v) is 5.94. The van der Waals surface area contributed by atoms with Gasteiger partial charge in [0.2, 0.25) is 0 Å². The van der Waals surface area contributed by atoms with Gasteiger partial charge in [-0.25, -0.2) is 9.59 Å². The Morgan fingerprint density at radius 3 is 2.00 bits per heavy atom. The van der Waals surface area contributed by atoms with Gasteiger partial charge in [-0.2, -0.15) is 0 Å². The maximum Gasteiger partial charge on any atom is 0.326 e. The molecule has 3 N–H and O–H groups in total. The Labute approximate surface area is 138 Å². The van der Waals surface area contributed by atoms with Crippen molar-refractivity contribution in [2.24, 2.45) is 29.1 Å². The van der Waals surface area contributed by atoms with Gasteiger partial charge >= 0.3 is 12.0 Å². The van der Waals surface area contributed by atoms with Gasteiger partial charge in [-0.3, -0.25) is 0 Å². The fourth-order valence-electron chi connectivity index (χ4n) is 5.32. The molecule has 4 rings (SSSR count). The first-order chi connectivity index (χ1) is 10.7. The molecule has 0 aromatic carbocycles. The smallest absolute Gasteiger partial charge is 0.326 e. The Morgan fingerprint density at radius 2 is 1.57 bits per heavy atom. The van der Waals surface area contributed by atoms with Gasteiger partial charge in [-0.15, -0.1) is 0 Å². The number of carbonyl (C=O) groups excluding carboxylic acids is 1. The largest absolute Gasteiger partial charge is 0.480 e. The van der Waals surface area contributed by atoms with E-state index in [1.807, 2.05) is 20.8 Å². The molecule has 1 atom stereocenters. The lowest BCUT2D eigenvalue weighted by atomic mass is 9.54. The molecule has 4 aliphatic carbocycles. The standard InChI is InChI=1S/C18H30N2O3/c1-18(2,3)9-14(16(21)22)19-17(23)20-15-12-5-10-4-11(7-12)8-13(15)6-10/h10-15H,4-9H2,1-3H3,(H,21,22)(H2,19,20,23). The average Bonchev–Trinajstić information content (AvgIpc) is 2.39. The molecule has 1 unspecified atom stereocenters. The van der Waals surface area contributed by atoms with Gasteiger partial charge in [0.25, 0.3) is 0 Å². The number of rotatable bonds is 4. The second-order valence-corrected chi connectivity index (χ2v) is 9.23. The molecule has 0 heterocycles. The highest BCUT2D eigenvalue weighted by Gasteiger charge is 2.48. The van der Waals surface area contributed by atoms with E-state index in [2.05, 4.69) is 10.6 Å². The van der Waals surface area contributed by atoms with E-state index in [4.69, 9.17) is 0 Å². The topological polar surface area (TPSA) is 78.4 Å². The fraction of sp³-hybridized carbons (Fsp3) is 0.889. The summed E-state index contributed by atoms with van der Waals surface area (Å²) in [7, 11) is 0. The van der Waals surface area contributed by atoms with Crippen LogP contribution in [0.2, 0.25) is 0 Å². The number of urea groups is 1. The van der Waals surface area contributed by atoms with Crippen molar-refractivity contribution in [2.75, 3.05) is 0 Å². The second kappa shape index (κ2) is 5.99.